The lowest BCUT2D eigenvalue weighted by molar-refractivity contribution is 0.0946. The highest BCUT2D eigenvalue weighted by atomic mass is 32.1. The Morgan fingerprint density at radius 3 is 2.46 bits per heavy atom. The first-order valence-electron chi connectivity index (χ1n) is 8.65. The van der Waals surface area contributed by atoms with Crippen molar-refractivity contribution in [1.29, 1.82) is 0 Å². The summed E-state index contributed by atoms with van der Waals surface area (Å²) in [6.07, 6.45) is 0. The number of hydrogen-bond acceptors (Lipinski definition) is 5. The smallest absolute Gasteiger partial charge is 0.265 e. The van der Waals surface area contributed by atoms with Gasteiger partial charge in [0.05, 0.1) is 18.5 Å². The van der Waals surface area contributed by atoms with Crippen LogP contribution in [-0.4, -0.2) is 32.1 Å². The number of carbonyl (C=O) groups is 2. The fourth-order valence-electron chi connectivity index (χ4n) is 2.43. The number of thiophene rings is 1. The van der Waals surface area contributed by atoms with Crippen LogP contribution in [0.2, 0.25) is 0 Å². The van der Waals surface area contributed by atoms with Crippen LogP contribution in [0.15, 0.2) is 66.0 Å². The van der Waals surface area contributed by atoms with Crippen LogP contribution in [0.25, 0.3) is 0 Å². The number of nitrogens with one attached hydrogen (secondary N) is 2. The number of anilines is 1. The third kappa shape index (κ3) is 5.34. The largest absolute Gasteiger partial charge is 0.497 e. The summed E-state index contributed by atoms with van der Waals surface area (Å²) >= 11 is 1.37. The van der Waals surface area contributed by atoms with E-state index in [-0.39, 0.29) is 11.8 Å². The molecule has 0 unspecified atom stereocenters. The molecular weight excluding hydrogens is 376 g/mol. The first-order chi connectivity index (χ1) is 13.7. The maximum Gasteiger partial charge on any atom is 0.265 e. The monoisotopic (exact) mass is 396 g/mol. The van der Waals surface area contributed by atoms with E-state index < -0.39 is 0 Å². The molecule has 7 heteroatoms. The van der Waals surface area contributed by atoms with Crippen LogP contribution in [-0.2, 0) is 0 Å². The van der Waals surface area contributed by atoms with Crippen molar-refractivity contribution in [2.75, 3.05) is 25.6 Å². The molecule has 144 valence electrons. The molecule has 0 aliphatic carbocycles. The average molecular weight is 396 g/mol. The number of methoxy groups -OCH3 is 1. The van der Waals surface area contributed by atoms with Gasteiger partial charge in [0.15, 0.2) is 0 Å². The molecule has 2 amide bonds. The molecule has 3 rings (SSSR count). The zero-order chi connectivity index (χ0) is 19.8. The van der Waals surface area contributed by atoms with Crippen LogP contribution in [0.5, 0.6) is 11.5 Å². The van der Waals surface area contributed by atoms with E-state index in [4.69, 9.17) is 9.47 Å². The van der Waals surface area contributed by atoms with Gasteiger partial charge in [-0.3, -0.25) is 9.59 Å². The van der Waals surface area contributed by atoms with Gasteiger partial charge in [0, 0.05) is 17.3 Å². The summed E-state index contributed by atoms with van der Waals surface area (Å²) in [7, 11) is 1.60. The van der Waals surface area contributed by atoms with Crippen LogP contribution < -0.4 is 20.1 Å². The van der Waals surface area contributed by atoms with Crippen molar-refractivity contribution < 1.29 is 19.1 Å². The topological polar surface area (TPSA) is 76.7 Å². The van der Waals surface area contributed by atoms with Crippen molar-refractivity contribution in [3.8, 4) is 11.5 Å². The summed E-state index contributed by atoms with van der Waals surface area (Å²) in [4.78, 5) is 24.9. The predicted molar refractivity (Wildman–Crippen MR) is 110 cm³/mol. The second kappa shape index (κ2) is 9.57. The standard InChI is InChI=1S/C21H20N2O4S/c1-26-17-4-2-5-18(14-17)27-12-11-22-20(24)15-7-9-16(10-8-15)23-21(25)19-6-3-13-28-19/h2-10,13-14H,11-12H2,1H3,(H,22,24)(H,23,25). The molecule has 0 radical (unpaired) electrons. The highest BCUT2D eigenvalue weighted by Gasteiger charge is 2.08. The number of rotatable bonds is 8. The molecule has 0 fully saturated rings. The molecule has 0 aliphatic heterocycles. The fraction of sp³-hybridized carbons (Fsp3) is 0.143. The lowest BCUT2D eigenvalue weighted by Crippen LogP contribution is -2.28. The van der Waals surface area contributed by atoms with Gasteiger partial charge in [-0.1, -0.05) is 12.1 Å². The zero-order valence-corrected chi connectivity index (χ0v) is 16.1. The maximum atomic E-state index is 12.2. The minimum atomic E-state index is -0.203. The Morgan fingerprint density at radius 2 is 1.75 bits per heavy atom. The van der Waals surface area contributed by atoms with Crippen LogP contribution in [0.3, 0.4) is 0 Å². The third-order valence-electron chi connectivity index (χ3n) is 3.85. The molecule has 2 aromatic carbocycles. The van der Waals surface area contributed by atoms with Gasteiger partial charge in [-0.15, -0.1) is 11.3 Å². The predicted octanol–water partition coefficient (Wildman–Crippen LogP) is 3.82. The summed E-state index contributed by atoms with van der Waals surface area (Å²) < 4.78 is 10.7. The lowest BCUT2D eigenvalue weighted by Gasteiger charge is -2.09. The first-order valence-corrected chi connectivity index (χ1v) is 9.53. The van der Waals surface area contributed by atoms with E-state index in [1.54, 1.807) is 43.5 Å². The molecule has 28 heavy (non-hydrogen) atoms. The molecule has 1 aromatic heterocycles. The van der Waals surface area contributed by atoms with E-state index in [1.165, 1.54) is 11.3 Å². The Morgan fingerprint density at radius 1 is 0.964 bits per heavy atom. The Bertz CT molecular complexity index is 924. The maximum absolute atomic E-state index is 12.2. The summed E-state index contributed by atoms with van der Waals surface area (Å²) in [5.74, 6) is 1.03. The van der Waals surface area contributed by atoms with Crippen molar-refractivity contribution in [2.24, 2.45) is 0 Å². The van der Waals surface area contributed by atoms with Crippen LogP contribution in [0, 0.1) is 0 Å². The second-order valence-electron chi connectivity index (χ2n) is 5.79. The molecule has 3 aromatic rings. The SMILES string of the molecule is COc1cccc(OCCNC(=O)c2ccc(NC(=O)c3cccs3)cc2)c1. The van der Waals surface area contributed by atoms with Crippen molar-refractivity contribution in [3.63, 3.8) is 0 Å². The minimum absolute atomic E-state index is 0.165. The van der Waals surface area contributed by atoms with Gasteiger partial charge in [-0.05, 0) is 47.8 Å². The molecule has 0 saturated carbocycles. The molecule has 6 nitrogen and oxygen atoms in total. The summed E-state index contributed by atoms with van der Waals surface area (Å²) in [6, 6.07) is 17.6. The molecular formula is C21H20N2O4S. The summed E-state index contributed by atoms with van der Waals surface area (Å²) in [5, 5.41) is 7.45. The van der Waals surface area contributed by atoms with E-state index >= 15 is 0 Å². The minimum Gasteiger partial charge on any atom is -0.497 e. The van der Waals surface area contributed by atoms with E-state index in [0.717, 1.165) is 0 Å². The first kappa shape index (κ1) is 19.4. The quantitative estimate of drug-likeness (QED) is 0.568. The lowest BCUT2D eigenvalue weighted by atomic mass is 10.2. The Balaban J connectivity index is 1.44. The van der Waals surface area contributed by atoms with Gasteiger partial charge >= 0.3 is 0 Å². The van der Waals surface area contributed by atoms with Gasteiger partial charge in [0.25, 0.3) is 11.8 Å². The molecule has 0 atom stereocenters. The molecule has 0 bridgehead atoms. The van der Waals surface area contributed by atoms with Crippen LogP contribution in [0.4, 0.5) is 5.69 Å². The van der Waals surface area contributed by atoms with Gasteiger partial charge in [0.2, 0.25) is 0 Å². The fourth-order valence-corrected chi connectivity index (χ4v) is 3.05. The van der Waals surface area contributed by atoms with Gasteiger partial charge in [-0.2, -0.15) is 0 Å². The van der Waals surface area contributed by atoms with E-state index in [9.17, 15) is 9.59 Å². The van der Waals surface area contributed by atoms with Gasteiger partial charge in [0.1, 0.15) is 18.1 Å². The summed E-state index contributed by atoms with van der Waals surface area (Å²) in [6.45, 7) is 0.709. The average Bonchev–Trinajstić information content (AvgIpc) is 3.27. The van der Waals surface area contributed by atoms with E-state index in [0.29, 0.717) is 40.8 Å². The van der Waals surface area contributed by atoms with Crippen LogP contribution >= 0.6 is 11.3 Å². The molecule has 0 saturated heterocycles. The van der Waals surface area contributed by atoms with Gasteiger partial charge in [-0.25, -0.2) is 0 Å². The Labute approximate surface area is 167 Å². The van der Waals surface area contributed by atoms with E-state index in [2.05, 4.69) is 10.6 Å². The number of amides is 2. The Kier molecular flexibility index (Phi) is 6.64. The van der Waals surface area contributed by atoms with Crippen molar-refractivity contribution >= 4 is 28.8 Å². The molecule has 0 spiro atoms. The zero-order valence-electron chi connectivity index (χ0n) is 15.3. The number of carbonyl (C=O) groups excluding carboxylic acids is 2. The molecule has 2 N–H and O–H groups in total. The normalized spacial score (nSPS) is 10.2. The number of ether oxygens (including phenoxy) is 2. The van der Waals surface area contributed by atoms with Crippen molar-refractivity contribution in [3.05, 3.63) is 76.5 Å². The van der Waals surface area contributed by atoms with E-state index in [1.807, 2.05) is 29.6 Å². The Hall–Kier alpha value is -3.32. The third-order valence-corrected chi connectivity index (χ3v) is 4.72. The summed E-state index contributed by atoms with van der Waals surface area (Å²) in [5.41, 5.74) is 1.15. The molecule has 1 heterocycles. The number of benzene rings is 2. The highest BCUT2D eigenvalue weighted by molar-refractivity contribution is 7.12. The van der Waals surface area contributed by atoms with Crippen molar-refractivity contribution in [1.82, 2.24) is 5.32 Å². The van der Waals surface area contributed by atoms with Gasteiger partial charge < -0.3 is 20.1 Å². The number of hydrogen-bond donors (Lipinski definition) is 2. The van der Waals surface area contributed by atoms with Crippen molar-refractivity contribution in [2.45, 2.75) is 0 Å². The second-order valence-corrected chi connectivity index (χ2v) is 6.74. The highest BCUT2D eigenvalue weighted by Crippen LogP contribution is 2.18. The van der Waals surface area contributed by atoms with Crippen LogP contribution in [0.1, 0.15) is 20.0 Å². The molecule has 0 aliphatic rings.